The summed E-state index contributed by atoms with van der Waals surface area (Å²) < 4.78 is 0. The van der Waals surface area contributed by atoms with Gasteiger partial charge in [0.1, 0.15) is 0 Å². The van der Waals surface area contributed by atoms with Crippen LogP contribution in [0.3, 0.4) is 0 Å². The molecule has 2 N–H and O–H groups in total. The van der Waals surface area contributed by atoms with Crippen molar-refractivity contribution in [1.29, 1.82) is 0 Å². The molecule has 0 aliphatic rings. The lowest BCUT2D eigenvalue weighted by Gasteiger charge is -2.00. The van der Waals surface area contributed by atoms with E-state index in [-0.39, 0.29) is 0 Å². The van der Waals surface area contributed by atoms with Gasteiger partial charge in [0.25, 0.3) is 0 Å². The van der Waals surface area contributed by atoms with Crippen molar-refractivity contribution in [3.8, 4) is 0 Å². The van der Waals surface area contributed by atoms with E-state index < -0.39 is 0 Å². The van der Waals surface area contributed by atoms with Gasteiger partial charge in [-0.05, 0) is 32.2 Å². The van der Waals surface area contributed by atoms with Crippen molar-refractivity contribution in [2.24, 2.45) is 5.73 Å². The maximum absolute atomic E-state index is 5.44. The molecule has 0 aromatic heterocycles. The van der Waals surface area contributed by atoms with Crippen LogP contribution in [0.5, 0.6) is 0 Å². The molecular formula is C14H29N. The van der Waals surface area contributed by atoms with E-state index in [1.54, 1.807) is 0 Å². The summed E-state index contributed by atoms with van der Waals surface area (Å²) in [5.41, 5.74) is 5.44. The summed E-state index contributed by atoms with van der Waals surface area (Å²) in [7, 11) is 0. The lowest BCUT2D eigenvalue weighted by Crippen LogP contribution is -1.97. The van der Waals surface area contributed by atoms with Crippen molar-refractivity contribution >= 4 is 0 Å². The van der Waals surface area contributed by atoms with Crippen LogP contribution in [0.1, 0.15) is 71.1 Å². The van der Waals surface area contributed by atoms with Gasteiger partial charge in [0.2, 0.25) is 0 Å². The normalized spacial score (nSPS) is 11.3. The predicted octanol–water partition coefficient (Wildman–Crippen LogP) is 4.42. The first kappa shape index (κ1) is 14.7. The zero-order valence-electron chi connectivity index (χ0n) is 10.5. The van der Waals surface area contributed by atoms with E-state index in [1.165, 1.54) is 64.2 Å². The third-order valence-corrected chi connectivity index (χ3v) is 2.73. The molecule has 0 saturated heterocycles. The highest BCUT2D eigenvalue weighted by atomic mass is 14.5. The fourth-order valence-corrected chi connectivity index (χ4v) is 1.75. The van der Waals surface area contributed by atoms with Gasteiger partial charge in [-0.15, -0.1) is 0 Å². The second kappa shape index (κ2) is 13.7. The van der Waals surface area contributed by atoms with Crippen LogP contribution in [-0.4, -0.2) is 6.54 Å². The van der Waals surface area contributed by atoms with Crippen molar-refractivity contribution in [2.45, 2.75) is 71.1 Å². The number of rotatable bonds is 11. The maximum Gasteiger partial charge on any atom is -0.00773 e. The molecule has 0 aromatic carbocycles. The van der Waals surface area contributed by atoms with E-state index >= 15 is 0 Å². The average molecular weight is 211 g/mol. The van der Waals surface area contributed by atoms with Gasteiger partial charge < -0.3 is 5.73 Å². The Morgan fingerprint density at radius 2 is 1.27 bits per heavy atom. The number of nitrogens with two attached hydrogens (primary N) is 1. The van der Waals surface area contributed by atoms with Gasteiger partial charge in [-0.3, -0.25) is 0 Å². The fraction of sp³-hybridized carbons (Fsp3) is 0.857. The van der Waals surface area contributed by atoms with Crippen LogP contribution in [0.15, 0.2) is 12.2 Å². The quantitative estimate of drug-likeness (QED) is 0.397. The highest BCUT2D eigenvalue weighted by molar-refractivity contribution is 4.79. The van der Waals surface area contributed by atoms with E-state index in [1.807, 2.05) is 0 Å². The van der Waals surface area contributed by atoms with Crippen molar-refractivity contribution in [2.75, 3.05) is 6.54 Å². The minimum Gasteiger partial charge on any atom is -0.330 e. The van der Waals surface area contributed by atoms with Crippen LogP contribution in [-0.2, 0) is 0 Å². The molecule has 0 aliphatic carbocycles. The molecule has 0 unspecified atom stereocenters. The summed E-state index contributed by atoms with van der Waals surface area (Å²) in [4.78, 5) is 0. The minimum absolute atomic E-state index is 0.865. The van der Waals surface area contributed by atoms with Crippen LogP contribution in [0.4, 0.5) is 0 Å². The summed E-state index contributed by atoms with van der Waals surface area (Å²) in [6.07, 6.45) is 18.0. The monoisotopic (exact) mass is 211 g/mol. The zero-order chi connectivity index (χ0) is 11.2. The Balaban J connectivity index is 2.89. The number of hydrogen-bond acceptors (Lipinski definition) is 1. The molecule has 1 nitrogen and oxygen atoms in total. The lowest BCUT2D eigenvalue weighted by atomic mass is 10.1. The number of allylic oxidation sites excluding steroid dienone is 2. The highest BCUT2D eigenvalue weighted by Gasteiger charge is 1.90. The van der Waals surface area contributed by atoms with Gasteiger partial charge in [0.05, 0.1) is 0 Å². The molecule has 1 heteroatoms. The molecule has 0 spiro atoms. The number of hydrogen-bond donors (Lipinski definition) is 1. The zero-order valence-corrected chi connectivity index (χ0v) is 10.5. The van der Waals surface area contributed by atoms with Crippen LogP contribution in [0, 0.1) is 0 Å². The van der Waals surface area contributed by atoms with Crippen LogP contribution in [0.2, 0.25) is 0 Å². The first-order chi connectivity index (χ1) is 7.41. The van der Waals surface area contributed by atoms with E-state index in [9.17, 15) is 0 Å². The molecular weight excluding hydrogens is 182 g/mol. The summed E-state index contributed by atoms with van der Waals surface area (Å²) in [6.45, 7) is 3.06. The maximum atomic E-state index is 5.44. The van der Waals surface area contributed by atoms with Gasteiger partial charge in [-0.25, -0.2) is 0 Å². The molecule has 0 radical (unpaired) electrons. The van der Waals surface area contributed by atoms with E-state index in [0.29, 0.717) is 0 Å². The van der Waals surface area contributed by atoms with Crippen molar-refractivity contribution in [3.05, 3.63) is 12.2 Å². The van der Waals surface area contributed by atoms with Crippen molar-refractivity contribution in [1.82, 2.24) is 0 Å². The smallest absolute Gasteiger partial charge is 0.00773 e. The summed E-state index contributed by atoms with van der Waals surface area (Å²) in [5, 5.41) is 0. The Bertz CT molecular complexity index is 129. The average Bonchev–Trinajstić information content (AvgIpc) is 2.26. The molecule has 90 valence electrons. The van der Waals surface area contributed by atoms with Gasteiger partial charge in [0.15, 0.2) is 0 Å². The Hall–Kier alpha value is -0.300. The van der Waals surface area contributed by atoms with Crippen LogP contribution >= 0.6 is 0 Å². The van der Waals surface area contributed by atoms with Crippen molar-refractivity contribution < 1.29 is 0 Å². The molecule has 0 aromatic rings. The molecule has 0 saturated carbocycles. The van der Waals surface area contributed by atoms with Crippen LogP contribution in [0.25, 0.3) is 0 Å². The van der Waals surface area contributed by atoms with Gasteiger partial charge in [-0.1, -0.05) is 57.6 Å². The third kappa shape index (κ3) is 13.7. The first-order valence-electron chi connectivity index (χ1n) is 6.77. The standard InChI is InChI=1S/C14H29N/c1-2-3-4-5-6-7-8-9-10-11-12-13-14-15/h3-4H,2,5-15H2,1H3/b4-3-. The summed E-state index contributed by atoms with van der Waals surface area (Å²) in [5.74, 6) is 0. The molecule has 0 atom stereocenters. The predicted molar refractivity (Wildman–Crippen MR) is 70.0 cm³/mol. The van der Waals surface area contributed by atoms with Crippen LogP contribution < -0.4 is 5.73 Å². The van der Waals surface area contributed by atoms with Gasteiger partial charge in [-0.2, -0.15) is 0 Å². The van der Waals surface area contributed by atoms with Crippen molar-refractivity contribution in [3.63, 3.8) is 0 Å². The summed E-state index contributed by atoms with van der Waals surface area (Å²) >= 11 is 0. The second-order valence-corrected chi connectivity index (χ2v) is 4.29. The molecule has 0 bridgehead atoms. The first-order valence-corrected chi connectivity index (χ1v) is 6.77. The SMILES string of the molecule is CC/C=C\CCCCCCCCCCN. The largest absolute Gasteiger partial charge is 0.330 e. The Morgan fingerprint density at radius 1 is 0.733 bits per heavy atom. The van der Waals surface area contributed by atoms with E-state index in [0.717, 1.165) is 6.54 Å². The molecule has 0 aliphatic heterocycles. The molecule has 0 rings (SSSR count). The molecule has 0 fully saturated rings. The molecule has 15 heavy (non-hydrogen) atoms. The Morgan fingerprint density at radius 3 is 1.80 bits per heavy atom. The lowest BCUT2D eigenvalue weighted by molar-refractivity contribution is 0.571. The van der Waals surface area contributed by atoms with E-state index in [2.05, 4.69) is 19.1 Å². The summed E-state index contributed by atoms with van der Waals surface area (Å²) in [6, 6.07) is 0. The fourth-order valence-electron chi connectivity index (χ4n) is 1.75. The Labute approximate surface area is 96.1 Å². The number of unbranched alkanes of at least 4 members (excludes halogenated alkanes) is 8. The minimum atomic E-state index is 0.865. The van der Waals surface area contributed by atoms with E-state index in [4.69, 9.17) is 5.73 Å². The van der Waals surface area contributed by atoms with Gasteiger partial charge >= 0.3 is 0 Å². The molecule has 0 heterocycles. The highest BCUT2D eigenvalue weighted by Crippen LogP contribution is 2.09. The topological polar surface area (TPSA) is 26.0 Å². The van der Waals surface area contributed by atoms with Gasteiger partial charge in [0, 0.05) is 0 Å². The Kier molecular flexibility index (Phi) is 13.4. The molecule has 0 amide bonds. The third-order valence-electron chi connectivity index (χ3n) is 2.73. The second-order valence-electron chi connectivity index (χ2n) is 4.29.